The molecule has 5 rings (SSSR count). The molecular formula is C33H44N6O4. The Labute approximate surface area is 253 Å². The maximum atomic E-state index is 14.0. The number of hydrogen-bond acceptors (Lipinski definition) is 8. The molecule has 43 heavy (non-hydrogen) atoms. The molecule has 0 aromatic carbocycles. The van der Waals surface area contributed by atoms with Crippen LogP contribution in [0.25, 0.3) is 16.7 Å². The van der Waals surface area contributed by atoms with Crippen molar-refractivity contribution in [1.82, 2.24) is 19.4 Å². The van der Waals surface area contributed by atoms with Crippen LogP contribution in [-0.4, -0.2) is 63.9 Å². The third-order valence-corrected chi connectivity index (χ3v) is 8.32. The van der Waals surface area contributed by atoms with Crippen LogP contribution in [0, 0.1) is 13.8 Å². The van der Waals surface area contributed by atoms with E-state index in [1.807, 2.05) is 70.6 Å². The van der Waals surface area contributed by atoms with Gasteiger partial charge in [-0.15, -0.1) is 0 Å². The molecule has 1 amide bonds. The van der Waals surface area contributed by atoms with E-state index in [1.165, 1.54) is 0 Å². The van der Waals surface area contributed by atoms with Gasteiger partial charge in [-0.25, -0.2) is 14.8 Å². The number of nitrogens with one attached hydrogen (secondary N) is 1. The molecule has 1 aliphatic carbocycles. The van der Waals surface area contributed by atoms with Crippen molar-refractivity contribution >= 4 is 40.1 Å². The van der Waals surface area contributed by atoms with Crippen LogP contribution in [0.4, 0.5) is 22.1 Å². The van der Waals surface area contributed by atoms with Crippen LogP contribution in [0.5, 0.6) is 0 Å². The summed E-state index contributed by atoms with van der Waals surface area (Å²) in [7, 11) is 0. The Kier molecular flexibility index (Phi) is 8.66. The minimum atomic E-state index is -0.506. The van der Waals surface area contributed by atoms with Crippen LogP contribution >= 0.6 is 0 Å². The van der Waals surface area contributed by atoms with Gasteiger partial charge in [0.2, 0.25) is 0 Å². The monoisotopic (exact) mass is 588 g/mol. The number of nitrogens with zero attached hydrogens (tertiary/aromatic N) is 5. The number of anilines is 3. The average Bonchev–Trinajstić information content (AvgIpc) is 3.49. The Bertz CT molecular complexity index is 1560. The van der Waals surface area contributed by atoms with E-state index in [0.29, 0.717) is 55.7 Å². The summed E-state index contributed by atoms with van der Waals surface area (Å²) < 4.78 is 13.2. The van der Waals surface area contributed by atoms with Gasteiger partial charge in [-0.05, 0) is 72.1 Å². The molecule has 1 aliphatic heterocycles. The first-order valence-electron chi connectivity index (χ1n) is 15.3. The summed E-state index contributed by atoms with van der Waals surface area (Å²) in [4.78, 5) is 39.8. The number of pyridine rings is 3. The van der Waals surface area contributed by atoms with Gasteiger partial charge in [-0.3, -0.25) is 4.79 Å². The van der Waals surface area contributed by atoms with E-state index in [9.17, 15) is 9.59 Å². The Morgan fingerprint density at radius 3 is 2.35 bits per heavy atom. The standard InChI is InChI=1S/C33H44N6O4/c1-8-42-23(4)28-21(2)26-20-35-30(22(3)29(26)39(31(28)40)24-11-9-10-12-24)36-27-14-13-25(19-34-27)37-15-17-38(18-16-37)32(41)43-33(5,6)7/h13-14,19-20,24H,4,8-12,15-18H2,1-3,5-7H3,(H,34,35,36). The van der Waals surface area contributed by atoms with E-state index in [4.69, 9.17) is 14.5 Å². The summed E-state index contributed by atoms with van der Waals surface area (Å²) >= 11 is 0. The number of carbonyl (C=O) groups excluding carboxylic acids is 1. The number of aryl methyl sites for hydroxylation is 2. The Morgan fingerprint density at radius 2 is 1.74 bits per heavy atom. The number of amides is 1. The molecule has 1 saturated heterocycles. The number of piperazine rings is 1. The van der Waals surface area contributed by atoms with Crippen molar-refractivity contribution < 1.29 is 14.3 Å². The molecule has 0 radical (unpaired) electrons. The third kappa shape index (κ3) is 6.33. The maximum absolute atomic E-state index is 14.0. The van der Waals surface area contributed by atoms with Gasteiger partial charge in [-0.2, -0.15) is 0 Å². The molecule has 10 heteroatoms. The van der Waals surface area contributed by atoms with E-state index in [0.717, 1.165) is 53.4 Å². The molecule has 4 heterocycles. The summed E-state index contributed by atoms with van der Waals surface area (Å²) in [6.07, 6.45) is 7.56. The van der Waals surface area contributed by atoms with Gasteiger partial charge in [-0.1, -0.05) is 19.4 Å². The number of aromatic nitrogens is 3. The van der Waals surface area contributed by atoms with Crippen LogP contribution in [0.15, 0.2) is 35.9 Å². The lowest BCUT2D eigenvalue weighted by molar-refractivity contribution is 0.0240. The number of carbonyl (C=O) groups is 1. The van der Waals surface area contributed by atoms with Gasteiger partial charge in [0, 0.05) is 49.4 Å². The topological polar surface area (TPSA) is 102 Å². The summed E-state index contributed by atoms with van der Waals surface area (Å²) in [6, 6.07) is 4.09. The van der Waals surface area contributed by atoms with Gasteiger partial charge in [0.05, 0.1) is 29.6 Å². The predicted octanol–water partition coefficient (Wildman–Crippen LogP) is 6.33. The molecule has 0 unspecified atom stereocenters. The third-order valence-electron chi connectivity index (χ3n) is 8.32. The Hall–Kier alpha value is -4.08. The normalized spacial score (nSPS) is 16.0. The molecule has 1 N–H and O–H groups in total. The van der Waals surface area contributed by atoms with Crippen LogP contribution < -0.4 is 15.8 Å². The second-order valence-electron chi connectivity index (χ2n) is 12.4. The number of hydrogen-bond donors (Lipinski definition) is 1. The SMILES string of the molecule is C=C(OCC)c1c(C)c2cnc(Nc3ccc(N4CCN(C(=O)OC(C)(C)C)CC4)cn3)c(C)c2n(C2CCCC2)c1=O. The van der Waals surface area contributed by atoms with E-state index in [1.54, 1.807) is 4.90 Å². The molecule has 2 aliphatic rings. The zero-order chi connectivity index (χ0) is 30.9. The smallest absolute Gasteiger partial charge is 0.410 e. The fourth-order valence-electron chi connectivity index (χ4n) is 6.16. The van der Waals surface area contributed by atoms with E-state index < -0.39 is 5.60 Å². The van der Waals surface area contributed by atoms with E-state index >= 15 is 0 Å². The summed E-state index contributed by atoms with van der Waals surface area (Å²) in [5.41, 5.74) is 3.61. The molecule has 230 valence electrons. The molecule has 0 bridgehead atoms. The maximum Gasteiger partial charge on any atom is 0.410 e. The Morgan fingerprint density at radius 1 is 1.05 bits per heavy atom. The fourth-order valence-corrected chi connectivity index (χ4v) is 6.16. The molecule has 0 spiro atoms. The molecular weight excluding hydrogens is 544 g/mol. The van der Waals surface area contributed by atoms with Crippen molar-refractivity contribution in [2.45, 2.75) is 78.9 Å². The van der Waals surface area contributed by atoms with Crippen molar-refractivity contribution in [2.24, 2.45) is 0 Å². The van der Waals surface area contributed by atoms with Crippen molar-refractivity contribution in [3.8, 4) is 0 Å². The predicted molar refractivity (Wildman–Crippen MR) is 171 cm³/mol. The van der Waals surface area contributed by atoms with Crippen LogP contribution in [0.1, 0.15) is 76.1 Å². The highest BCUT2D eigenvalue weighted by Gasteiger charge is 2.28. The highest BCUT2D eigenvalue weighted by molar-refractivity contribution is 5.91. The second kappa shape index (κ2) is 12.3. The zero-order valence-electron chi connectivity index (χ0n) is 26.3. The van der Waals surface area contributed by atoms with Gasteiger partial charge < -0.3 is 29.2 Å². The number of fused-ring (bicyclic) bond motifs is 1. The van der Waals surface area contributed by atoms with Gasteiger partial charge in [0.25, 0.3) is 5.56 Å². The minimum Gasteiger partial charge on any atom is -0.494 e. The van der Waals surface area contributed by atoms with E-state index in [-0.39, 0.29) is 17.7 Å². The molecule has 1 saturated carbocycles. The summed E-state index contributed by atoms with van der Waals surface area (Å²) in [5, 5.41) is 4.31. The lowest BCUT2D eigenvalue weighted by atomic mass is 10.0. The molecule has 2 fully saturated rings. The molecule has 0 atom stereocenters. The largest absolute Gasteiger partial charge is 0.494 e. The van der Waals surface area contributed by atoms with Crippen LogP contribution in [-0.2, 0) is 9.47 Å². The first-order chi connectivity index (χ1) is 20.5. The molecule has 3 aromatic rings. The van der Waals surface area contributed by atoms with Crippen molar-refractivity contribution in [3.05, 3.63) is 58.1 Å². The van der Waals surface area contributed by atoms with Crippen molar-refractivity contribution in [1.29, 1.82) is 0 Å². The number of rotatable bonds is 7. The van der Waals surface area contributed by atoms with Crippen LogP contribution in [0.3, 0.4) is 0 Å². The highest BCUT2D eigenvalue weighted by Crippen LogP contribution is 2.36. The first-order valence-corrected chi connectivity index (χ1v) is 15.3. The average molecular weight is 589 g/mol. The Balaban J connectivity index is 1.38. The van der Waals surface area contributed by atoms with Gasteiger partial charge in [0.1, 0.15) is 23.0 Å². The van der Waals surface area contributed by atoms with Crippen LogP contribution in [0.2, 0.25) is 0 Å². The first kappa shape index (κ1) is 30.4. The lowest BCUT2D eigenvalue weighted by Gasteiger charge is -2.36. The summed E-state index contributed by atoms with van der Waals surface area (Å²) in [5.74, 6) is 1.74. The van der Waals surface area contributed by atoms with Gasteiger partial charge in [0.15, 0.2) is 0 Å². The van der Waals surface area contributed by atoms with Crippen molar-refractivity contribution in [3.63, 3.8) is 0 Å². The summed E-state index contributed by atoms with van der Waals surface area (Å²) in [6.45, 7) is 18.6. The van der Waals surface area contributed by atoms with E-state index in [2.05, 4.69) is 21.8 Å². The van der Waals surface area contributed by atoms with Crippen molar-refractivity contribution in [2.75, 3.05) is 43.0 Å². The lowest BCUT2D eigenvalue weighted by Crippen LogP contribution is -2.50. The highest BCUT2D eigenvalue weighted by atomic mass is 16.6. The zero-order valence-corrected chi connectivity index (χ0v) is 26.3. The minimum absolute atomic E-state index is 0.0511. The fraction of sp³-hybridized carbons (Fsp3) is 0.515. The molecule has 3 aromatic heterocycles. The number of ether oxygens (including phenoxy) is 2. The quantitative estimate of drug-likeness (QED) is 0.320. The molecule has 10 nitrogen and oxygen atoms in total. The second-order valence-corrected chi connectivity index (χ2v) is 12.4. The van der Waals surface area contributed by atoms with Gasteiger partial charge >= 0.3 is 6.09 Å².